The third-order valence-corrected chi connectivity index (χ3v) is 9.95. The fourth-order valence-electron chi connectivity index (χ4n) is 5.40. The Morgan fingerprint density at radius 1 is 1.02 bits per heavy atom. The molecule has 0 spiro atoms. The molecule has 0 N–H and O–H groups in total. The van der Waals surface area contributed by atoms with Crippen LogP contribution in [0, 0.1) is 25.6 Å². The number of hydrogen-bond acceptors (Lipinski definition) is 6. The van der Waals surface area contributed by atoms with Crippen LogP contribution in [0.25, 0.3) is 12.2 Å². The highest BCUT2D eigenvalue weighted by molar-refractivity contribution is 7.89. The van der Waals surface area contributed by atoms with Gasteiger partial charge in [0.05, 0.1) is 0 Å². The van der Waals surface area contributed by atoms with E-state index in [0.717, 1.165) is 24.3 Å². The second-order valence-corrected chi connectivity index (χ2v) is 12.5. The van der Waals surface area contributed by atoms with Crippen molar-refractivity contribution < 1.29 is 22.1 Å². The van der Waals surface area contributed by atoms with Gasteiger partial charge >= 0.3 is 0 Å². The number of piperidine rings is 1. The van der Waals surface area contributed by atoms with Gasteiger partial charge in [-0.1, -0.05) is 41.0 Å². The summed E-state index contributed by atoms with van der Waals surface area (Å²) in [6.45, 7) is 6.73. The van der Waals surface area contributed by atoms with Crippen LogP contribution in [0.5, 0.6) is 0 Å². The third kappa shape index (κ3) is 5.80. The minimum absolute atomic E-state index is 0.0303. The van der Waals surface area contributed by atoms with Crippen LogP contribution >= 0.6 is 11.6 Å². The Labute approximate surface area is 239 Å². The fraction of sp³-hybridized carbons (Fsp3) is 0.379. The average molecular weight is 587 g/mol. The summed E-state index contributed by atoms with van der Waals surface area (Å²) < 4.78 is 47.9. The lowest BCUT2D eigenvalue weighted by atomic mass is 9.96. The number of halogens is 2. The predicted molar refractivity (Wildman–Crippen MR) is 153 cm³/mol. The normalized spacial score (nSPS) is 17.6. The van der Waals surface area contributed by atoms with Crippen molar-refractivity contribution in [1.29, 1.82) is 0 Å². The molecule has 2 fully saturated rings. The summed E-state index contributed by atoms with van der Waals surface area (Å²) >= 11 is 6.19. The van der Waals surface area contributed by atoms with Gasteiger partial charge in [-0.25, -0.2) is 12.8 Å². The first kappa shape index (κ1) is 28.3. The van der Waals surface area contributed by atoms with Gasteiger partial charge in [0.15, 0.2) is 10.7 Å². The number of carbonyl (C=O) groups is 1. The molecule has 0 aliphatic carbocycles. The maximum absolute atomic E-state index is 14.0. The van der Waals surface area contributed by atoms with Crippen LogP contribution in [0.4, 0.5) is 10.1 Å². The molecule has 5 rings (SSSR count). The molecular formula is C29H32ClFN4O4S. The summed E-state index contributed by atoms with van der Waals surface area (Å²) in [5.74, 6) is -0.525. The van der Waals surface area contributed by atoms with E-state index in [-0.39, 0.29) is 41.3 Å². The van der Waals surface area contributed by atoms with Crippen molar-refractivity contribution in [2.45, 2.75) is 31.6 Å². The fourth-order valence-corrected chi connectivity index (χ4v) is 7.28. The van der Waals surface area contributed by atoms with E-state index in [1.807, 2.05) is 23.1 Å². The van der Waals surface area contributed by atoms with Crippen molar-refractivity contribution in [3.05, 3.63) is 75.9 Å². The number of sulfonamides is 1. The van der Waals surface area contributed by atoms with Crippen LogP contribution in [0.15, 0.2) is 51.9 Å². The van der Waals surface area contributed by atoms with E-state index in [1.54, 1.807) is 25.1 Å². The number of aryl methyl sites for hydroxylation is 2. The summed E-state index contributed by atoms with van der Waals surface area (Å²) in [4.78, 5) is 17.4. The Kier molecular flexibility index (Phi) is 8.30. The van der Waals surface area contributed by atoms with E-state index in [9.17, 15) is 17.6 Å². The first-order chi connectivity index (χ1) is 19.1. The van der Waals surface area contributed by atoms with E-state index < -0.39 is 15.8 Å². The monoisotopic (exact) mass is 586 g/mol. The highest BCUT2D eigenvalue weighted by Gasteiger charge is 2.37. The molecule has 0 unspecified atom stereocenters. The Hall–Kier alpha value is -3.21. The van der Waals surface area contributed by atoms with Crippen LogP contribution in [0.3, 0.4) is 0 Å². The number of benzene rings is 2. The minimum atomic E-state index is -3.92. The molecule has 8 nitrogen and oxygen atoms in total. The summed E-state index contributed by atoms with van der Waals surface area (Å²) in [6.07, 6.45) is 3.77. The van der Waals surface area contributed by atoms with Gasteiger partial charge in [-0.05, 0) is 62.6 Å². The zero-order chi connectivity index (χ0) is 28.4. The topological polar surface area (TPSA) is 87.0 Å². The molecule has 1 aromatic heterocycles. The van der Waals surface area contributed by atoms with E-state index in [2.05, 4.69) is 17.0 Å². The summed E-state index contributed by atoms with van der Waals surface area (Å²) in [5, 5.41) is 4.55. The van der Waals surface area contributed by atoms with E-state index >= 15 is 0 Å². The average Bonchev–Trinajstić information content (AvgIpc) is 3.34. The lowest BCUT2D eigenvalue weighted by Gasteiger charge is -2.39. The van der Waals surface area contributed by atoms with Gasteiger partial charge < -0.3 is 14.3 Å². The van der Waals surface area contributed by atoms with Crippen molar-refractivity contribution in [3.8, 4) is 0 Å². The third-order valence-electron chi connectivity index (χ3n) is 7.66. The van der Waals surface area contributed by atoms with Gasteiger partial charge in [0.1, 0.15) is 11.5 Å². The zero-order valence-electron chi connectivity index (χ0n) is 22.5. The zero-order valence-corrected chi connectivity index (χ0v) is 24.1. The maximum atomic E-state index is 14.0. The molecule has 0 bridgehead atoms. The highest BCUT2D eigenvalue weighted by atomic mass is 35.5. The van der Waals surface area contributed by atoms with Crippen LogP contribution in [-0.4, -0.2) is 68.0 Å². The molecule has 3 aromatic rings. The molecule has 212 valence electrons. The van der Waals surface area contributed by atoms with E-state index in [4.69, 9.17) is 16.1 Å². The Morgan fingerprint density at radius 3 is 2.42 bits per heavy atom. The van der Waals surface area contributed by atoms with Gasteiger partial charge in [0, 0.05) is 61.5 Å². The molecule has 2 saturated heterocycles. The number of rotatable bonds is 6. The molecule has 0 radical (unpaired) electrons. The van der Waals surface area contributed by atoms with Gasteiger partial charge in [0.2, 0.25) is 15.9 Å². The van der Waals surface area contributed by atoms with Crippen LogP contribution in [0.2, 0.25) is 5.02 Å². The SMILES string of the molecule is Cc1ccc(Cl)cc1N1CCN(C(=O)C2CCN(S(=O)(=O)c3c(C)noc3/C=C/c3ccccc3F)CC2)CC1. The van der Waals surface area contributed by atoms with E-state index in [1.165, 1.54) is 22.5 Å². The van der Waals surface area contributed by atoms with Gasteiger partial charge in [-0.3, -0.25) is 4.79 Å². The molecule has 2 aliphatic rings. The lowest BCUT2D eigenvalue weighted by Crippen LogP contribution is -2.52. The van der Waals surface area contributed by atoms with Crippen molar-refractivity contribution in [3.63, 3.8) is 0 Å². The van der Waals surface area contributed by atoms with Gasteiger partial charge in [-0.15, -0.1) is 0 Å². The van der Waals surface area contributed by atoms with Crippen LogP contribution in [-0.2, 0) is 14.8 Å². The molecule has 40 heavy (non-hydrogen) atoms. The summed E-state index contributed by atoms with van der Waals surface area (Å²) in [5.41, 5.74) is 2.78. The molecular weight excluding hydrogens is 555 g/mol. The van der Waals surface area contributed by atoms with Gasteiger partial charge in [0.25, 0.3) is 0 Å². The molecule has 0 saturated carbocycles. The number of nitrogens with zero attached hydrogens (tertiary/aromatic N) is 4. The van der Waals surface area contributed by atoms with Crippen molar-refractivity contribution in [2.24, 2.45) is 5.92 Å². The second kappa shape index (κ2) is 11.7. The number of hydrogen-bond donors (Lipinski definition) is 0. The number of carbonyl (C=O) groups excluding carboxylic acids is 1. The molecule has 1 amide bonds. The van der Waals surface area contributed by atoms with Crippen molar-refractivity contribution >= 4 is 45.4 Å². The number of aromatic nitrogens is 1. The highest BCUT2D eigenvalue weighted by Crippen LogP contribution is 2.31. The molecule has 2 aliphatic heterocycles. The maximum Gasteiger partial charge on any atom is 0.248 e. The predicted octanol–water partition coefficient (Wildman–Crippen LogP) is 5.00. The Bertz CT molecular complexity index is 1520. The van der Waals surface area contributed by atoms with Gasteiger partial charge in [-0.2, -0.15) is 4.31 Å². The molecule has 3 heterocycles. The van der Waals surface area contributed by atoms with Crippen molar-refractivity contribution in [2.75, 3.05) is 44.2 Å². The largest absolute Gasteiger partial charge is 0.368 e. The molecule has 0 atom stereocenters. The number of anilines is 1. The molecule has 2 aromatic carbocycles. The van der Waals surface area contributed by atoms with E-state index in [0.29, 0.717) is 36.5 Å². The number of amides is 1. The first-order valence-corrected chi connectivity index (χ1v) is 15.2. The first-order valence-electron chi connectivity index (χ1n) is 13.3. The second-order valence-electron chi connectivity index (χ2n) is 10.2. The smallest absolute Gasteiger partial charge is 0.248 e. The number of piperazine rings is 1. The summed E-state index contributed by atoms with van der Waals surface area (Å²) in [7, 11) is -3.92. The molecule has 11 heteroatoms. The standard InChI is InChI=1S/C29H32ClFN4O4S/c1-20-7-9-24(30)19-26(20)33-15-17-34(18-16-33)29(36)23-11-13-35(14-12-23)40(37,38)28-21(2)32-39-27(28)10-8-22-5-3-4-6-25(22)31/h3-10,19,23H,11-18H2,1-2H3/b10-8+. The Balaban J connectivity index is 1.21. The Morgan fingerprint density at radius 2 is 1.73 bits per heavy atom. The van der Waals surface area contributed by atoms with Crippen molar-refractivity contribution in [1.82, 2.24) is 14.4 Å². The minimum Gasteiger partial charge on any atom is -0.368 e. The van der Waals surface area contributed by atoms with Crippen LogP contribution in [0.1, 0.15) is 35.4 Å². The lowest BCUT2D eigenvalue weighted by molar-refractivity contribution is -0.137. The quantitative estimate of drug-likeness (QED) is 0.404. The summed E-state index contributed by atoms with van der Waals surface area (Å²) in [6, 6.07) is 12.0. The van der Waals surface area contributed by atoms with Crippen LogP contribution < -0.4 is 4.90 Å².